The Bertz CT molecular complexity index is 110. The van der Waals surface area contributed by atoms with Gasteiger partial charge in [-0.3, -0.25) is 0 Å². The fraction of sp³-hybridized carbons (Fsp3) is 0.889. The number of hydrogen-bond donors (Lipinski definition) is 1. The maximum absolute atomic E-state index is 7.49. The molecule has 1 heteroatoms. The van der Waals surface area contributed by atoms with Gasteiger partial charge in [0.05, 0.1) is 0 Å². The molecule has 0 aromatic carbocycles. The predicted octanol–water partition coefficient (Wildman–Crippen LogP) is 3.00. The van der Waals surface area contributed by atoms with Gasteiger partial charge < -0.3 is 5.41 Å². The maximum atomic E-state index is 7.49. The number of rotatable bonds is 1. The molecule has 0 atom stereocenters. The molecule has 1 N–H and O–H groups in total. The molecule has 0 heterocycles. The van der Waals surface area contributed by atoms with Crippen molar-refractivity contribution >= 4 is 5.71 Å². The van der Waals surface area contributed by atoms with E-state index in [0.29, 0.717) is 5.92 Å². The molecule has 0 amide bonds. The van der Waals surface area contributed by atoms with E-state index in [0.717, 1.165) is 5.71 Å². The van der Waals surface area contributed by atoms with E-state index < -0.39 is 0 Å². The Morgan fingerprint density at radius 1 is 1.10 bits per heavy atom. The highest BCUT2D eigenvalue weighted by atomic mass is 14.4. The lowest BCUT2D eigenvalue weighted by atomic mass is 9.96. The van der Waals surface area contributed by atoms with Gasteiger partial charge in [-0.25, -0.2) is 0 Å². The van der Waals surface area contributed by atoms with Gasteiger partial charge >= 0.3 is 0 Å². The lowest BCUT2D eigenvalue weighted by molar-refractivity contribution is 0.587. The van der Waals surface area contributed by atoms with Crippen LogP contribution in [-0.2, 0) is 0 Å². The molecule has 1 fully saturated rings. The highest BCUT2D eigenvalue weighted by molar-refractivity contribution is 5.81. The highest BCUT2D eigenvalue weighted by Gasteiger charge is 2.12. The molecule has 1 nitrogen and oxygen atoms in total. The van der Waals surface area contributed by atoms with E-state index in [4.69, 9.17) is 5.41 Å². The van der Waals surface area contributed by atoms with Crippen LogP contribution in [0.15, 0.2) is 0 Å². The molecule has 0 radical (unpaired) electrons. The first kappa shape index (κ1) is 7.77. The van der Waals surface area contributed by atoms with Gasteiger partial charge in [0.25, 0.3) is 0 Å². The summed E-state index contributed by atoms with van der Waals surface area (Å²) in [5.41, 5.74) is 0.905. The van der Waals surface area contributed by atoms with Crippen molar-refractivity contribution in [1.82, 2.24) is 0 Å². The SMILES string of the molecule is CC(=N)C1CCCCCC1. The first-order chi connectivity index (χ1) is 4.80. The standard InChI is InChI=1S/C9H17N/c1-8(10)9-6-4-2-3-5-7-9/h9-10H,2-7H2,1H3. The van der Waals surface area contributed by atoms with Crippen LogP contribution in [0.1, 0.15) is 45.4 Å². The summed E-state index contributed by atoms with van der Waals surface area (Å²) in [6, 6.07) is 0. The second-order valence-corrected chi connectivity index (χ2v) is 3.37. The molecule has 1 rings (SSSR count). The summed E-state index contributed by atoms with van der Waals surface area (Å²) in [6.45, 7) is 1.95. The Hall–Kier alpha value is -0.330. The van der Waals surface area contributed by atoms with Crippen LogP contribution in [0.25, 0.3) is 0 Å². The van der Waals surface area contributed by atoms with E-state index in [-0.39, 0.29) is 0 Å². The summed E-state index contributed by atoms with van der Waals surface area (Å²) in [5.74, 6) is 0.627. The number of nitrogens with one attached hydrogen (secondary N) is 1. The van der Waals surface area contributed by atoms with Crippen molar-refractivity contribution in [3.63, 3.8) is 0 Å². The molecule has 0 spiro atoms. The molecular formula is C9H17N. The fourth-order valence-electron chi connectivity index (χ4n) is 1.71. The third-order valence-corrected chi connectivity index (χ3v) is 2.47. The zero-order chi connectivity index (χ0) is 7.40. The fourth-order valence-corrected chi connectivity index (χ4v) is 1.71. The minimum atomic E-state index is 0.627. The van der Waals surface area contributed by atoms with E-state index in [9.17, 15) is 0 Å². The van der Waals surface area contributed by atoms with Crippen LogP contribution in [0.3, 0.4) is 0 Å². The van der Waals surface area contributed by atoms with E-state index in [2.05, 4.69) is 0 Å². The van der Waals surface area contributed by atoms with Gasteiger partial charge in [-0.15, -0.1) is 0 Å². The predicted molar refractivity (Wildman–Crippen MR) is 44.6 cm³/mol. The Morgan fingerprint density at radius 2 is 1.60 bits per heavy atom. The van der Waals surface area contributed by atoms with Gasteiger partial charge in [-0.05, 0) is 25.7 Å². The summed E-state index contributed by atoms with van der Waals surface area (Å²) in [7, 11) is 0. The monoisotopic (exact) mass is 139 g/mol. The van der Waals surface area contributed by atoms with Gasteiger partial charge in [-0.1, -0.05) is 25.7 Å². The largest absolute Gasteiger partial charge is 0.310 e. The van der Waals surface area contributed by atoms with Crippen LogP contribution in [0.2, 0.25) is 0 Å². The molecular weight excluding hydrogens is 122 g/mol. The van der Waals surface area contributed by atoms with E-state index >= 15 is 0 Å². The normalized spacial score (nSPS) is 22.1. The summed E-state index contributed by atoms with van der Waals surface area (Å²) < 4.78 is 0. The Kier molecular flexibility index (Phi) is 2.91. The summed E-state index contributed by atoms with van der Waals surface area (Å²) >= 11 is 0. The van der Waals surface area contributed by atoms with Crippen LogP contribution in [-0.4, -0.2) is 5.71 Å². The summed E-state index contributed by atoms with van der Waals surface area (Å²) in [6.07, 6.45) is 8.03. The lowest BCUT2D eigenvalue weighted by Crippen LogP contribution is -2.07. The smallest absolute Gasteiger partial charge is 0.00891 e. The zero-order valence-corrected chi connectivity index (χ0v) is 6.82. The van der Waals surface area contributed by atoms with Gasteiger partial charge in [0.15, 0.2) is 0 Å². The molecule has 0 bridgehead atoms. The van der Waals surface area contributed by atoms with Crippen molar-refractivity contribution in [2.75, 3.05) is 0 Å². The molecule has 1 aliphatic carbocycles. The third kappa shape index (κ3) is 2.13. The molecule has 0 aromatic heterocycles. The highest BCUT2D eigenvalue weighted by Crippen LogP contribution is 2.23. The van der Waals surface area contributed by atoms with E-state index in [1.54, 1.807) is 0 Å². The molecule has 10 heavy (non-hydrogen) atoms. The second-order valence-electron chi connectivity index (χ2n) is 3.37. The molecule has 58 valence electrons. The Balaban J connectivity index is 2.35. The minimum absolute atomic E-state index is 0.627. The van der Waals surface area contributed by atoms with E-state index in [1.807, 2.05) is 6.92 Å². The molecule has 1 aliphatic rings. The lowest BCUT2D eigenvalue weighted by Gasteiger charge is -2.10. The average Bonchev–Trinajstić information content (AvgIpc) is 2.12. The van der Waals surface area contributed by atoms with Crippen molar-refractivity contribution < 1.29 is 0 Å². The second kappa shape index (κ2) is 3.75. The van der Waals surface area contributed by atoms with Crippen LogP contribution >= 0.6 is 0 Å². The number of hydrogen-bond acceptors (Lipinski definition) is 1. The Labute approximate surface area is 63.3 Å². The van der Waals surface area contributed by atoms with Crippen molar-refractivity contribution in [2.45, 2.75) is 45.4 Å². The van der Waals surface area contributed by atoms with Crippen LogP contribution in [0.5, 0.6) is 0 Å². The molecule has 0 aromatic rings. The quantitative estimate of drug-likeness (QED) is 0.426. The van der Waals surface area contributed by atoms with Gasteiger partial charge in [0.2, 0.25) is 0 Å². The van der Waals surface area contributed by atoms with Crippen LogP contribution in [0, 0.1) is 11.3 Å². The summed E-state index contributed by atoms with van der Waals surface area (Å²) in [5, 5.41) is 7.49. The van der Waals surface area contributed by atoms with Crippen LogP contribution < -0.4 is 0 Å². The average molecular weight is 139 g/mol. The molecule has 1 saturated carbocycles. The third-order valence-electron chi connectivity index (χ3n) is 2.47. The van der Waals surface area contributed by atoms with Crippen molar-refractivity contribution in [1.29, 1.82) is 5.41 Å². The molecule has 0 unspecified atom stereocenters. The van der Waals surface area contributed by atoms with Crippen molar-refractivity contribution in [3.05, 3.63) is 0 Å². The molecule has 0 aliphatic heterocycles. The minimum Gasteiger partial charge on any atom is -0.310 e. The van der Waals surface area contributed by atoms with Crippen molar-refractivity contribution in [3.8, 4) is 0 Å². The van der Waals surface area contributed by atoms with Crippen LogP contribution in [0.4, 0.5) is 0 Å². The van der Waals surface area contributed by atoms with Gasteiger partial charge in [-0.2, -0.15) is 0 Å². The molecule has 0 saturated heterocycles. The maximum Gasteiger partial charge on any atom is 0.00891 e. The zero-order valence-electron chi connectivity index (χ0n) is 6.82. The topological polar surface area (TPSA) is 23.9 Å². The summed E-state index contributed by atoms with van der Waals surface area (Å²) in [4.78, 5) is 0. The van der Waals surface area contributed by atoms with Gasteiger partial charge in [0, 0.05) is 5.71 Å². The van der Waals surface area contributed by atoms with Gasteiger partial charge in [0.1, 0.15) is 0 Å². The van der Waals surface area contributed by atoms with E-state index in [1.165, 1.54) is 38.5 Å². The Morgan fingerprint density at radius 3 is 2.00 bits per heavy atom. The first-order valence-electron chi connectivity index (χ1n) is 4.36. The first-order valence-corrected chi connectivity index (χ1v) is 4.36. The van der Waals surface area contributed by atoms with Crippen molar-refractivity contribution in [2.24, 2.45) is 5.92 Å².